The molecule has 8 heteroatoms. The molecule has 130 valence electrons. The molecule has 0 aliphatic carbocycles. The molecule has 0 aliphatic heterocycles. The van der Waals surface area contributed by atoms with Crippen molar-refractivity contribution in [1.29, 1.82) is 0 Å². The summed E-state index contributed by atoms with van der Waals surface area (Å²) < 4.78 is 40.5. The molecule has 3 aromatic rings. The van der Waals surface area contributed by atoms with Gasteiger partial charge < -0.3 is 5.32 Å². The second-order valence-electron chi connectivity index (χ2n) is 5.48. The van der Waals surface area contributed by atoms with Gasteiger partial charge in [-0.15, -0.1) is 11.3 Å². The van der Waals surface area contributed by atoms with Crippen molar-refractivity contribution in [3.63, 3.8) is 0 Å². The molecule has 0 radical (unpaired) electrons. The number of nitrogens with one attached hydrogen (secondary N) is 1. The number of carbonyl (C=O) groups excluding carboxylic acids is 1. The van der Waals surface area contributed by atoms with Crippen LogP contribution < -0.4 is 5.32 Å². The van der Waals surface area contributed by atoms with E-state index in [2.05, 4.69) is 10.4 Å². The van der Waals surface area contributed by atoms with Gasteiger partial charge in [0.05, 0.1) is 21.8 Å². The molecule has 25 heavy (non-hydrogen) atoms. The number of thiophene rings is 1. The molecule has 0 aliphatic rings. The van der Waals surface area contributed by atoms with E-state index >= 15 is 0 Å². The van der Waals surface area contributed by atoms with Crippen LogP contribution in [0.2, 0.25) is 0 Å². The number of benzene rings is 1. The minimum Gasteiger partial charge on any atom is -0.319 e. The lowest BCUT2D eigenvalue weighted by Crippen LogP contribution is -2.14. The Hall–Kier alpha value is -2.61. The van der Waals surface area contributed by atoms with Gasteiger partial charge in [-0.2, -0.15) is 18.3 Å². The maximum absolute atomic E-state index is 13.0. The predicted octanol–water partition coefficient (Wildman–Crippen LogP) is 4.82. The molecule has 0 unspecified atom stereocenters. The van der Waals surface area contributed by atoms with Crippen molar-refractivity contribution in [3.8, 4) is 5.69 Å². The van der Waals surface area contributed by atoms with E-state index in [1.54, 1.807) is 18.3 Å². The highest BCUT2D eigenvalue weighted by Crippen LogP contribution is 2.33. The van der Waals surface area contributed by atoms with Crippen LogP contribution in [-0.2, 0) is 6.18 Å². The lowest BCUT2D eigenvalue weighted by Gasteiger charge is -2.14. The molecule has 4 nitrogen and oxygen atoms in total. The van der Waals surface area contributed by atoms with Crippen molar-refractivity contribution in [2.24, 2.45) is 0 Å². The third-order valence-corrected chi connectivity index (χ3v) is 4.86. The van der Waals surface area contributed by atoms with Crippen molar-refractivity contribution in [1.82, 2.24) is 9.78 Å². The monoisotopic (exact) mass is 365 g/mol. The van der Waals surface area contributed by atoms with E-state index in [0.29, 0.717) is 10.6 Å². The Labute approximate surface area is 145 Å². The quantitative estimate of drug-likeness (QED) is 0.723. The Kier molecular flexibility index (Phi) is 4.38. The van der Waals surface area contributed by atoms with Gasteiger partial charge in [-0.1, -0.05) is 0 Å². The highest BCUT2D eigenvalue weighted by Gasteiger charge is 2.31. The van der Waals surface area contributed by atoms with Crippen LogP contribution in [0.3, 0.4) is 0 Å². The Balaban J connectivity index is 2.01. The normalized spacial score (nSPS) is 11.6. The van der Waals surface area contributed by atoms with Crippen molar-refractivity contribution in [2.45, 2.75) is 20.0 Å². The maximum Gasteiger partial charge on any atom is 0.416 e. The molecule has 3 rings (SSSR count). The average Bonchev–Trinajstić information content (AvgIpc) is 3.17. The third-order valence-electron chi connectivity index (χ3n) is 3.71. The van der Waals surface area contributed by atoms with Crippen molar-refractivity contribution in [3.05, 3.63) is 63.6 Å². The molecule has 0 bridgehead atoms. The number of hydrogen-bond donors (Lipinski definition) is 1. The molecule has 0 atom stereocenters. The number of anilines is 1. The summed E-state index contributed by atoms with van der Waals surface area (Å²) >= 11 is 1.30. The first-order valence-electron chi connectivity index (χ1n) is 7.35. The number of nitrogens with zero attached hydrogens (tertiary/aromatic N) is 2. The Morgan fingerprint density at radius 2 is 2.00 bits per heavy atom. The summed E-state index contributed by atoms with van der Waals surface area (Å²) in [5, 5.41) is 6.60. The number of hydrogen-bond acceptors (Lipinski definition) is 3. The Morgan fingerprint density at radius 3 is 2.56 bits per heavy atom. The fourth-order valence-electron chi connectivity index (χ4n) is 2.29. The lowest BCUT2D eigenvalue weighted by atomic mass is 10.1. The topological polar surface area (TPSA) is 46.9 Å². The second-order valence-corrected chi connectivity index (χ2v) is 6.74. The van der Waals surface area contributed by atoms with E-state index in [4.69, 9.17) is 0 Å². The van der Waals surface area contributed by atoms with Crippen LogP contribution in [-0.4, -0.2) is 15.7 Å². The van der Waals surface area contributed by atoms with Gasteiger partial charge in [0.25, 0.3) is 5.91 Å². The Morgan fingerprint density at radius 1 is 1.24 bits per heavy atom. The summed E-state index contributed by atoms with van der Waals surface area (Å²) in [4.78, 5) is 13.9. The van der Waals surface area contributed by atoms with Crippen molar-refractivity contribution < 1.29 is 18.0 Å². The number of amides is 1. The minimum atomic E-state index is -4.50. The summed E-state index contributed by atoms with van der Waals surface area (Å²) in [7, 11) is 0. The van der Waals surface area contributed by atoms with Gasteiger partial charge in [-0.05, 0) is 49.7 Å². The van der Waals surface area contributed by atoms with Gasteiger partial charge in [0.1, 0.15) is 0 Å². The molecule has 2 heterocycles. The molecular formula is C17H14F3N3OS. The molecule has 1 N–H and O–H groups in total. The highest BCUT2D eigenvalue weighted by atomic mass is 32.1. The zero-order valence-corrected chi connectivity index (χ0v) is 14.2. The summed E-state index contributed by atoms with van der Waals surface area (Å²) in [6.07, 6.45) is -1.40. The molecule has 0 fully saturated rings. The van der Waals surface area contributed by atoms with Gasteiger partial charge in [0.2, 0.25) is 0 Å². The minimum absolute atomic E-state index is 0.0484. The van der Waals surface area contributed by atoms with Gasteiger partial charge in [-0.25, -0.2) is 4.68 Å². The number of halogens is 3. The summed E-state index contributed by atoms with van der Waals surface area (Å²) in [5.74, 6) is -0.450. The van der Waals surface area contributed by atoms with Crippen LogP contribution in [0.15, 0.2) is 42.7 Å². The summed E-state index contributed by atoms with van der Waals surface area (Å²) in [5.41, 5.74) is 0.535. The fraction of sp³-hybridized carbons (Fsp3) is 0.176. The first-order chi connectivity index (χ1) is 11.8. The number of alkyl halides is 3. The number of aryl methyl sites for hydroxylation is 2. The van der Waals surface area contributed by atoms with E-state index < -0.39 is 17.6 Å². The van der Waals surface area contributed by atoms with E-state index in [0.717, 1.165) is 22.6 Å². The smallest absolute Gasteiger partial charge is 0.319 e. The molecule has 0 spiro atoms. The molecule has 0 saturated carbocycles. The first-order valence-corrected chi connectivity index (χ1v) is 8.17. The summed E-state index contributed by atoms with van der Waals surface area (Å²) in [6, 6.07) is 6.54. The van der Waals surface area contributed by atoms with Crippen LogP contribution in [0, 0.1) is 13.8 Å². The lowest BCUT2D eigenvalue weighted by molar-refractivity contribution is -0.137. The number of rotatable bonds is 3. The highest BCUT2D eigenvalue weighted by molar-refractivity contribution is 7.14. The number of carbonyl (C=O) groups is 1. The molecule has 1 amide bonds. The largest absolute Gasteiger partial charge is 0.416 e. The first kappa shape index (κ1) is 17.2. The molecule has 2 aromatic heterocycles. The van der Waals surface area contributed by atoms with Crippen LogP contribution in [0.4, 0.5) is 18.9 Å². The van der Waals surface area contributed by atoms with Crippen molar-refractivity contribution in [2.75, 3.05) is 5.32 Å². The fourth-order valence-corrected chi connectivity index (χ4v) is 3.22. The zero-order valence-electron chi connectivity index (χ0n) is 13.4. The van der Waals surface area contributed by atoms with Gasteiger partial charge in [0, 0.05) is 17.3 Å². The molecule has 1 aromatic carbocycles. The Bertz CT molecular complexity index is 894. The third kappa shape index (κ3) is 3.58. The SMILES string of the molecule is Cc1cc(C(=O)Nc2cc(C(F)(F)F)ccc2-n2cccn2)sc1C. The van der Waals surface area contributed by atoms with Gasteiger partial charge in [0.15, 0.2) is 0 Å². The summed E-state index contributed by atoms with van der Waals surface area (Å²) in [6.45, 7) is 3.76. The van der Waals surface area contributed by atoms with Crippen molar-refractivity contribution >= 4 is 22.9 Å². The van der Waals surface area contributed by atoms with E-state index in [1.165, 1.54) is 28.3 Å². The maximum atomic E-state index is 13.0. The van der Waals surface area contributed by atoms with E-state index in [9.17, 15) is 18.0 Å². The second kappa shape index (κ2) is 6.36. The predicted molar refractivity (Wildman–Crippen MR) is 90.3 cm³/mol. The average molecular weight is 365 g/mol. The number of aromatic nitrogens is 2. The van der Waals surface area contributed by atoms with E-state index in [-0.39, 0.29) is 5.69 Å². The standard InChI is InChI=1S/C17H14F3N3OS/c1-10-8-15(25-11(10)2)16(24)22-13-9-12(17(18,19)20)4-5-14(13)23-7-3-6-21-23/h3-9H,1-2H3,(H,22,24). The van der Waals surface area contributed by atoms with E-state index in [1.807, 2.05) is 13.8 Å². The van der Waals surface area contributed by atoms with Crippen LogP contribution in [0.1, 0.15) is 25.7 Å². The molecule has 0 saturated heterocycles. The molecular weight excluding hydrogens is 351 g/mol. The zero-order chi connectivity index (χ0) is 18.2. The van der Waals surface area contributed by atoms with Crippen LogP contribution in [0.25, 0.3) is 5.69 Å². The van der Waals surface area contributed by atoms with Crippen LogP contribution in [0.5, 0.6) is 0 Å². The van der Waals surface area contributed by atoms with Gasteiger partial charge in [-0.3, -0.25) is 4.79 Å². The van der Waals surface area contributed by atoms with Crippen LogP contribution >= 0.6 is 11.3 Å². The van der Waals surface area contributed by atoms with Gasteiger partial charge >= 0.3 is 6.18 Å².